The van der Waals surface area contributed by atoms with Crippen molar-refractivity contribution >= 4 is 61.6 Å². The molecule has 200 valence electrons. The standard InChI is InChI=1S/C27H21BrN2O8S/c1-3-37-26(33)18-7-9-19(10-8-18)30-25(32)21(24(31)29-27(30)34)14-17-6-13-23(22(28)15-17)38-39(35,36)20-11-4-16(2)5-12-20/h4-15H,3H2,1-2H3,(H,29,31,34)/b21-14+. The van der Waals surface area contributed by atoms with E-state index in [0.29, 0.717) is 5.56 Å². The van der Waals surface area contributed by atoms with Crippen LogP contribution in [0.2, 0.25) is 0 Å². The van der Waals surface area contributed by atoms with Crippen molar-refractivity contribution in [2.45, 2.75) is 18.7 Å². The van der Waals surface area contributed by atoms with Crippen molar-refractivity contribution in [3.63, 3.8) is 0 Å². The summed E-state index contributed by atoms with van der Waals surface area (Å²) in [5, 5.41) is 2.12. The summed E-state index contributed by atoms with van der Waals surface area (Å²) in [6.07, 6.45) is 1.26. The Morgan fingerprint density at radius 2 is 1.67 bits per heavy atom. The molecule has 1 saturated heterocycles. The second-order valence-corrected chi connectivity index (χ2v) is 10.7. The van der Waals surface area contributed by atoms with Gasteiger partial charge in [0.2, 0.25) is 0 Å². The van der Waals surface area contributed by atoms with Gasteiger partial charge in [0, 0.05) is 0 Å². The number of nitrogens with zero attached hydrogens (tertiary/aromatic N) is 1. The van der Waals surface area contributed by atoms with Crippen molar-refractivity contribution < 1.29 is 36.5 Å². The molecule has 10 nitrogen and oxygen atoms in total. The largest absolute Gasteiger partial charge is 0.462 e. The molecule has 1 fully saturated rings. The number of hydrogen-bond donors (Lipinski definition) is 1. The van der Waals surface area contributed by atoms with Gasteiger partial charge in [-0.3, -0.25) is 14.9 Å². The summed E-state index contributed by atoms with van der Waals surface area (Å²) in [4.78, 5) is 50.8. The Kier molecular flexibility index (Phi) is 7.98. The lowest BCUT2D eigenvalue weighted by Gasteiger charge is -2.26. The highest BCUT2D eigenvalue weighted by molar-refractivity contribution is 9.10. The van der Waals surface area contributed by atoms with Gasteiger partial charge in [0.15, 0.2) is 5.75 Å². The van der Waals surface area contributed by atoms with Gasteiger partial charge in [-0.15, -0.1) is 0 Å². The molecular formula is C27H21BrN2O8S. The molecule has 1 aliphatic heterocycles. The van der Waals surface area contributed by atoms with Crippen molar-refractivity contribution in [1.82, 2.24) is 5.32 Å². The Labute approximate surface area is 232 Å². The molecule has 0 radical (unpaired) electrons. The molecule has 0 atom stereocenters. The maximum absolute atomic E-state index is 13.2. The van der Waals surface area contributed by atoms with E-state index in [4.69, 9.17) is 8.92 Å². The first-order valence-electron chi connectivity index (χ1n) is 11.5. The molecule has 0 aliphatic carbocycles. The van der Waals surface area contributed by atoms with Crippen molar-refractivity contribution in [3.05, 3.63) is 93.5 Å². The molecule has 4 amide bonds. The molecule has 0 bridgehead atoms. The van der Waals surface area contributed by atoms with E-state index < -0.39 is 33.9 Å². The number of hydrogen-bond acceptors (Lipinski definition) is 8. The van der Waals surface area contributed by atoms with Gasteiger partial charge in [0.05, 0.1) is 22.3 Å². The minimum atomic E-state index is -4.10. The topological polar surface area (TPSA) is 136 Å². The minimum Gasteiger partial charge on any atom is -0.462 e. The van der Waals surface area contributed by atoms with Crippen LogP contribution in [-0.2, 0) is 24.4 Å². The second-order valence-electron chi connectivity index (χ2n) is 8.27. The third kappa shape index (κ3) is 6.07. The molecule has 3 aromatic carbocycles. The molecule has 3 aromatic rings. The van der Waals surface area contributed by atoms with Gasteiger partial charge in [-0.2, -0.15) is 8.42 Å². The van der Waals surface area contributed by atoms with Crippen molar-refractivity contribution in [2.75, 3.05) is 11.5 Å². The van der Waals surface area contributed by atoms with Crippen LogP contribution < -0.4 is 14.4 Å². The maximum atomic E-state index is 13.2. The Morgan fingerprint density at radius 3 is 2.28 bits per heavy atom. The van der Waals surface area contributed by atoms with Crippen LogP contribution in [0.4, 0.5) is 10.5 Å². The quantitative estimate of drug-likeness (QED) is 0.180. The molecule has 1 heterocycles. The molecule has 0 unspecified atom stereocenters. The van der Waals surface area contributed by atoms with Crippen LogP contribution in [0.25, 0.3) is 6.08 Å². The van der Waals surface area contributed by atoms with E-state index in [2.05, 4.69) is 21.2 Å². The van der Waals surface area contributed by atoms with E-state index in [1.54, 1.807) is 19.1 Å². The van der Waals surface area contributed by atoms with Gasteiger partial charge < -0.3 is 8.92 Å². The van der Waals surface area contributed by atoms with Crippen molar-refractivity contribution in [2.24, 2.45) is 0 Å². The number of nitrogens with one attached hydrogen (secondary N) is 1. The number of benzene rings is 3. The summed E-state index contributed by atoms with van der Waals surface area (Å²) in [6.45, 7) is 3.69. The van der Waals surface area contributed by atoms with Gasteiger partial charge in [-0.05, 0) is 89.9 Å². The van der Waals surface area contributed by atoms with E-state index in [0.717, 1.165) is 10.5 Å². The lowest BCUT2D eigenvalue weighted by atomic mass is 10.1. The smallest absolute Gasteiger partial charge is 0.339 e. The van der Waals surface area contributed by atoms with E-state index in [9.17, 15) is 27.6 Å². The van der Waals surface area contributed by atoms with Crippen LogP contribution >= 0.6 is 15.9 Å². The van der Waals surface area contributed by atoms with Crippen LogP contribution in [0.15, 0.2) is 81.7 Å². The predicted molar refractivity (Wildman–Crippen MR) is 145 cm³/mol. The average Bonchev–Trinajstić information content (AvgIpc) is 2.88. The first-order valence-corrected chi connectivity index (χ1v) is 13.7. The van der Waals surface area contributed by atoms with Crippen LogP contribution in [0.3, 0.4) is 0 Å². The number of carbonyl (C=O) groups is 4. The maximum Gasteiger partial charge on any atom is 0.339 e. The number of rotatable bonds is 7. The number of halogens is 1. The molecule has 4 rings (SSSR count). The highest BCUT2D eigenvalue weighted by Gasteiger charge is 2.37. The van der Waals surface area contributed by atoms with E-state index >= 15 is 0 Å². The third-order valence-electron chi connectivity index (χ3n) is 5.51. The first kappa shape index (κ1) is 27.7. The lowest BCUT2D eigenvalue weighted by Crippen LogP contribution is -2.54. The van der Waals surface area contributed by atoms with Gasteiger partial charge in [0.25, 0.3) is 11.8 Å². The molecule has 39 heavy (non-hydrogen) atoms. The molecular weight excluding hydrogens is 592 g/mol. The summed E-state index contributed by atoms with van der Waals surface area (Å²) >= 11 is 3.26. The zero-order valence-electron chi connectivity index (χ0n) is 20.6. The van der Waals surface area contributed by atoms with E-state index in [-0.39, 0.29) is 38.5 Å². The van der Waals surface area contributed by atoms with Crippen LogP contribution in [-0.4, -0.2) is 38.8 Å². The Hall–Kier alpha value is -4.29. The number of urea groups is 1. The Morgan fingerprint density at radius 1 is 1.00 bits per heavy atom. The molecule has 0 saturated carbocycles. The number of imide groups is 2. The monoisotopic (exact) mass is 612 g/mol. The normalized spacial score (nSPS) is 14.8. The number of ether oxygens (including phenoxy) is 1. The third-order valence-corrected chi connectivity index (χ3v) is 7.38. The molecule has 1 aliphatic rings. The fourth-order valence-electron chi connectivity index (χ4n) is 3.57. The van der Waals surface area contributed by atoms with Crippen molar-refractivity contribution in [1.29, 1.82) is 0 Å². The number of barbiturate groups is 1. The zero-order chi connectivity index (χ0) is 28.3. The fraction of sp³-hybridized carbons (Fsp3) is 0.111. The molecule has 0 spiro atoms. The lowest BCUT2D eigenvalue weighted by molar-refractivity contribution is -0.122. The van der Waals surface area contributed by atoms with Gasteiger partial charge >= 0.3 is 22.1 Å². The highest BCUT2D eigenvalue weighted by Crippen LogP contribution is 2.30. The summed E-state index contributed by atoms with van der Waals surface area (Å²) in [6, 6.07) is 15.1. The zero-order valence-corrected chi connectivity index (χ0v) is 23.0. The summed E-state index contributed by atoms with van der Waals surface area (Å²) in [5.41, 5.74) is 1.27. The number of amides is 4. The van der Waals surface area contributed by atoms with Crippen LogP contribution in [0.5, 0.6) is 5.75 Å². The van der Waals surface area contributed by atoms with Crippen LogP contribution in [0.1, 0.15) is 28.4 Å². The minimum absolute atomic E-state index is 0.00404. The summed E-state index contributed by atoms with van der Waals surface area (Å²) in [5.74, 6) is -2.34. The molecule has 0 aromatic heterocycles. The molecule has 1 N–H and O–H groups in total. The highest BCUT2D eigenvalue weighted by atomic mass is 79.9. The van der Waals surface area contributed by atoms with E-state index in [1.807, 2.05) is 6.92 Å². The van der Waals surface area contributed by atoms with Crippen LogP contribution in [0, 0.1) is 6.92 Å². The van der Waals surface area contributed by atoms with Gasteiger partial charge in [0.1, 0.15) is 10.5 Å². The SMILES string of the molecule is CCOC(=O)c1ccc(N2C(=O)NC(=O)/C(=C\c3ccc(OS(=O)(=O)c4ccc(C)cc4)c(Br)c3)C2=O)cc1. The van der Waals surface area contributed by atoms with Crippen molar-refractivity contribution in [3.8, 4) is 5.75 Å². The first-order chi connectivity index (χ1) is 18.5. The Balaban J connectivity index is 1.58. The summed E-state index contributed by atoms with van der Waals surface area (Å²) < 4.78 is 35.7. The number of anilines is 1. The fourth-order valence-corrected chi connectivity index (χ4v) is 5.10. The van der Waals surface area contributed by atoms with Gasteiger partial charge in [-0.1, -0.05) is 23.8 Å². The predicted octanol–water partition coefficient (Wildman–Crippen LogP) is 4.37. The average molecular weight is 613 g/mol. The number of aryl methyl sites for hydroxylation is 1. The second kappa shape index (κ2) is 11.2. The number of carbonyl (C=O) groups excluding carboxylic acids is 4. The summed E-state index contributed by atoms with van der Waals surface area (Å²) in [7, 11) is -4.10. The van der Waals surface area contributed by atoms with E-state index in [1.165, 1.54) is 60.7 Å². The Bertz CT molecular complexity index is 1610. The van der Waals surface area contributed by atoms with Gasteiger partial charge in [-0.25, -0.2) is 14.5 Å². The number of esters is 1. The molecule has 12 heteroatoms.